The fourth-order valence-corrected chi connectivity index (χ4v) is 0.903. The monoisotopic (exact) mass is 178 g/mol. The summed E-state index contributed by atoms with van der Waals surface area (Å²) in [5.41, 5.74) is 1.08. The summed E-state index contributed by atoms with van der Waals surface area (Å²) in [6, 6.07) is 6.27. The van der Waals surface area contributed by atoms with Crippen molar-refractivity contribution in [2.75, 3.05) is 0 Å². The highest BCUT2D eigenvalue weighted by Gasteiger charge is 2.00. The van der Waals surface area contributed by atoms with E-state index >= 15 is 0 Å². The van der Waals surface area contributed by atoms with Crippen LogP contribution in [0, 0.1) is 0 Å². The van der Waals surface area contributed by atoms with Crippen molar-refractivity contribution in [2.24, 2.45) is 0 Å². The number of benzene rings is 1. The second kappa shape index (κ2) is 4.25. The largest absolute Gasteiger partial charge is 0.478 e. The van der Waals surface area contributed by atoms with Crippen LogP contribution >= 0.6 is 0 Å². The van der Waals surface area contributed by atoms with Crippen molar-refractivity contribution < 1.29 is 14.7 Å². The highest BCUT2D eigenvalue weighted by Crippen LogP contribution is 2.03. The first kappa shape index (κ1) is 9.25. The first-order valence-electron chi connectivity index (χ1n) is 3.66. The number of hydrogen-bond acceptors (Lipinski definition) is 2. The Labute approximate surface area is 75.2 Å². The summed E-state index contributed by atoms with van der Waals surface area (Å²) >= 11 is 0. The number of carboxylic acids is 1. The summed E-state index contributed by atoms with van der Waals surface area (Å²) in [6.45, 7) is 0.364. The molecule has 1 radical (unpaired) electrons. The molecule has 4 nitrogen and oxygen atoms in total. The first-order valence-corrected chi connectivity index (χ1v) is 3.66. The highest BCUT2D eigenvalue weighted by atomic mass is 16.4. The zero-order chi connectivity index (χ0) is 9.68. The van der Waals surface area contributed by atoms with E-state index in [4.69, 9.17) is 5.11 Å². The molecule has 0 aliphatic heterocycles. The summed E-state index contributed by atoms with van der Waals surface area (Å²) < 4.78 is 0. The predicted molar refractivity (Wildman–Crippen MR) is 45.9 cm³/mol. The Morgan fingerprint density at radius 1 is 1.38 bits per heavy atom. The average Bonchev–Trinajstić information content (AvgIpc) is 2.15. The van der Waals surface area contributed by atoms with Gasteiger partial charge in [-0.25, -0.2) is 4.79 Å². The van der Waals surface area contributed by atoms with Gasteiger partial charge in [0.2, 0.25) is 0 Å². The van der Waals surface area contributed by atoms with Gasteiger partial charge >= 0.3 is 12.4 Å². The molecule has 0 atom stereocenters. The van der Waals surface area contributed by atoms with Crippen molar-refractivity contribution in [2.45, 2.75) is 6.54 Å². The van der Waals surface area contributed by atoms with E-state index in [1.807, 2.05) is 0 Å². The third-order valence-corrected chi connectivity index (χ3v) is 1.57. The lowest BCUT2D eigenvalue weighted by molar-refractivity contribution is 0.0697. The lowest BCUT2D eigenvalue weighted by Gasteiger charge is -1.99. The molecule has 1 rings (SSSR count). The molecule has 0 aromatic heterocycles. The van der Waals surface area contributed by atoms with Crippen LogP contribution in [-0.2, 0) is 11.3 Å². The number of carboxylic acid groups (broad SMARTS) is 1. The number of rotatable bonds is 4. The molecular formula is C9H8NO3. The van der Waals surface area contributed by atoms with Crippen molar-refractivity contribution >= 4 is 12.4 Å². The minimum absolute atomic E-state index is 0.235. The van der Waals surface area contributed by atoms with Gasteiger partial charge in [0.05, 0.1) is 5.56 Å². The normalized spacial score (nSPS) is 9.23. The van der Waals surface area contributed by atoms with Gasteiger partial charge in [0, 0.05) is 6.54 Å². The molecule has 2 N–H and O–H groups in total. The van der Waals surface area contributed by atoms with Crippen LogP contribution in [0.15, 0.2) is 24.3 Å². The molecular weight excluding hydrogens is 170 g/mol. The third-order valence-electron chi connectivity index (χ3n) is 1.57. The van der Waals surface area contributed by atoms with E-state index in [2.05, 4.69) is 5.32 Å². The minimum Gasteiger partial charge on any atom is -0.478 e. The van der Waals surface area contributed by atoms with Crippen molar-refractivity contribution in [3.05, 3.63) is 35.4 Å². The Morgan fingerprint density at radius 3 is 2.46 bits per heavy atom. The highest BCUT2D eigenvalue weighted by molar-refractivity contribution is 5.87. The van der Waals surface area contributed by atoms with Gasteiger partial charge in [-0.1, -0.05) is 12.1 Å². The molecule has 0 bridgehead atoms. The zero-order valence-electron chi connectivity index (χ0n) is 6.78. The smallest absolute Gasteiger partial charge is 0.335 e. The zero-order valence-corrected chi connectivity index (χ0v) is 6.78. The number of aromatic carboxylic acids is 1. The van der Waals surface area contributed by atoms with Crippen molar-refractivity contribution in [3.63, 3.8) is 0 Å². The van der Waals surface area contributed by atoms with Crippen molar-refractivity contribution in [1.29, 1.82) is 0 Å². The van der Waals surface area contributed by atoms with Crippen LogP contribution < -0.4 is 5.32 Å². The Balaban J connectivity index is 2.69. The molecule has 13 heavy (non-hydrogen) atoms. The van der Waals surface area contributed by atoms with E-state index in [-0.39, 0.29) is 5.56 Å². The van der Waals surface area contributed by atoms with Crippen molar-refractivity contribution in [1.82, 2.24) is 5.32 Å². The lowest BCUT2D eigenvalue weighted by Crippen LogP contribution is -2.09. The van der Waals surface area contributed by atoms with Crippen LogP contribution in [0.4, 0.5) is 0 Å². The van der Waals surface area contributed by atoms with E-state index in [0.717, 1.165) is 5.56 Å². The Morgan fingerprint density at radius 2 is 2.00 bits per heavy atom. The van der Waals surface area contributed by atoms with E-state index < -0.39 is 5.97 Å². The Kier molecular flexibility index (Phi) is 3.03. The quantitative estimate of drug-likeness (QED) is 0.661. The van der Waals surface area contributed by atoms with Crippen LogP contribution in [0.25, 0.3) is 0 Å². The Bertz CT molecular complexity index is 305. The predicted octanol–water partition coefficient (Wildman–Crippen LogP) is 0.542. The van der Waals surface area contributed by atoms with Gasteiger partial charge in [-0.3, -0.25) is 4.79 Å². The van der Waals surface area contributed by atoms with Gasteiger partial charge in [-0.05, 0) is 17.7 Å². The molecule has 1 amide bonds. The lowest BCUT2D eigenvalue weighted by atomic mass is 10.1. The van der Waals surface area contributed by atoms with Gasteiger partial charge in [0.15, 0.2) is 0 Å². The van der Waals surface area contributed by atoms with Gasteiger partial charge in [-0.2, -0.15) is 0 Å². The number of nitrogens with one attached hydrogen (secondary N) is 1. The summed E-state index contributed by atoms with van der Waals surface area (Å²) in [6.07, 6.45) is 1.54. The number of carbonyl (C=O) groups is 1. The number of hydrogen-bond donors (Lipinski definition) is 2. The molecule has 0 saturated carbocycles. The molecule has 1 aromatic carbocycles. The van der Waals surface area contributed by atoms with Crippen molar-refractivity contribution in [3.8, 4) is 0 Å². The fourth-order valence-electron chi connectivity index (χ4n) is 0.903. The fraction of sp³-hybridized carbons (Fsp3) is 0.111. The Hall–Kier alpha value is -1.84. The molecule has 0 heterocycles. The third kappa shape index (κ3) is 2.59. The summed E-state index contributed by atoms with van der Waals surface area (Å²) in [7, 11) is 0. The molecule has 0 aliphatic rings. The molecule has 0 fully saturated rings. The maximum absolute atomic E-state index is 10.4. The number of carbonyl (C=O) groups excluding carboxylic acids is 1. The van der Waals surface area contributed by atoms with Crippen LogP contribution in [0.5, 0.6) is 0 Å². The molecule has 67 valence electrons. The van der Waals surface area contributed by atoms with Gasteiger partial charge in [-0.15, -0.1) is 0 Å². The van der Waals surface area contributed by atoms with Gasteiger partial charge < -0.3 is 10.4 Å². The maximum Gasteiger partial charge on any atom is 0.335 e. The molecule has 0 spiro atoms. The number of amides is 1. The summed E-state index contributed by atoms with van der Waals surface area (Å²) in [5, 5.41) is 10.9. The second-order valence-electron chi connectivity index (χ2n) is 2.46. The second-order valence-corrected chi connectivity index (χ2v) is 2.46. The molecule has 1 aromatic rings. The summed E-state index contributed by atoms with van der Waals surface area (Å²) in [5.74, 6) is -0.957. The van der Waals surface area contributed by atoms with E-state index in [1.165, 1.54) is 18.5 Å². The maximum atomic E-state index is 10.4. The van der Waals surface area contributed by atoms with E-state index in [0.29, 0.717) is 6.54 Å². The standard InChI is InChI=1S/C9H8NO3/c11-6-10-5-7-1-3-8(4-2-7)9(12)13/h1-4H,5H2,(H,10,11)(H,12,13). The SMILES string of the molecule is O=[C]NCc1ccc(C(=O)O)cc1. The van der Waals surface area contributed by atoms with Gasteiger partial charge in [0.1, 0.15) is 0 Å². The van der Waals surface area contributed by atoms with Crippen LogP contribution in [0.2, 0.25) is 0 Å². The molecule has 0 saturated heterocycles. The summed E-state index contributed by atoms with van der Waals surface area (Å²) in [4.78, 5) is 20.3. The van der Waals surface area contributed by atoms with Crippen LogP contribution in [-0.4, -0.2) is 17.5 Å². The molecule has 4 heteroatoms. The topological polar surface area (TPSA) is 66.4 Å². The molecule has 0 unspecified atom stereocenters. The average molecular weight is 178 g/mol. The first-order chi connectivity index (χ1) is 6.24. The van der Waals surface area contributed by atoms with Crippen LogP contribution in [0.1, 0.15) is 15.9 Å². The van der Waals surface area contributed by atoms with Gasteiger partial charge in [0.25, 0.3) is 0 Å². The van der Waals surface area contributed by atoms with Crippen LogP contribution in [0.3, 0.4) is 0 Å². The van der Waals surface area contributed by atoms with E-state index in [1.54, 1.807) is 12.1 Å². The van der Waals surface area contributed by atoms with E-state index in [9.17, 15) is 9.59 Å². The molecule has 0 aliphatic carbocycles. The minimum atomic E-state index is -0.957.